The first-order valence-electron chi connectivity index (χ1n) is 9.54. The van der Waals surface area contributed by atoms with E-state index in [-0.39, 0.29) is 10.7 Å². The predicted molar refractivity (Wildman–Crippen MR) is 134 cm³/mol. The summed E-state index contributed by atoms with van der Waals surface area (Å²) < 4.78 is 12.2. The molecular formula is C22H20ClIN2O4S. The molecule has 0 radical (unpaired) electrons. The zero-order chi connectivity index (χ0) is 22.7. The van der Waals surface area contributed by atoms with Crippen LogP contribution in [0.2, 0.25) is 5.02 Å². The van der Waals surface area contributed by atoms with Gasteiger partial charge in [0.05, 0.1) is 22.5 Å². The Morgan fingerprint density at radius 2 is 1.90 bits per heavy atom. The quantitative estimate of drug-likeness (QED) is 0.232. The van der Waals surface area contributed by atoms with Crippen molar-refractivity contribution in [1.82, 2.24) is 5.32 Å². The molecular weight excluding hydrogens is 551 g/mol. The van der Waals surface area contributed by atoms with Crippen molar-refractivity contribution in [3.63, 3.8) is 0 Å². The molecule has 3 rings (SSSR count). The van der Waals surface area contributed by atoms with Gasteiger partial charge in [0.2, 0.25) is 0 Å². The molecule has 0 aromatic heterocycles. The van der Waals surface area contributed by atoms with Crippen molar-refractivity contribution in [2.24, 2.45) is 0 Å². The number of ether oxygens (including phenoxy) is 2. The highest BCUT2D eigenvalue weighted by Crippen LogP contribution is 2.35. The van der Waals surface area contributed by atoms with E-state index in [1.807, 2.05) is 19.9 Å². The normalized spacial score (nSPS) is 15.3. The van der Waals surface area contributed by atoms with E-state index in [9.17, 15) is 9.59 Å². The maximum atomic E-state index is 13.3. The van der Waals surface area contributed by atoms with E-state index in [0.717, 1.165) is 3.57 Å². The number of hydrogen-bond acceptors (Lipinski definition) is 5. The number of anilines is 1. The summed E-state index contributed by atoms with van der Waals surface area (Å²) in [7, 11) is 0. The van der Waals surface area contributed by atoms with E-state index in [2.05, 4.69) is 27.9 Å². The van der Waals surface area contributed by atoms with Crippen LogP contribution < -0.4 is 19.7 Å². The summed E-state index contributed by atoms with van der Waals surface area (Å²) in [6, 6.07) is 8.75. The molecule has 0 aliphatic carbocycles. The number of nitrogens with zero attached hydrogens (tertiary/aromatic N) is 1. The molecule has 6 nitrogen and oxygen atoms in total. The van der Waals surface area contributed by atoms with Crippen molar-refractivity contribution in [3.05, 3.63) is 55.6 Å². The summed E-state index contributed by atoms with van der Waals surface area (Å²) in [6.07, 6.45) is 1.52. The molecule has 0 spiro atoms. The van der Waals surface area contributed by atoms with Gasteiger partial charge in [-0.1, -0.05) is 17.7 Å². The third-order valence-corrected chi connectivity index (χ3v) is 6.01. The molecule has 1 heterocycles. The molecule has 1 aliphatic heterocycles. The average molecular weight is 571 g/mol. The van der Waals surface area contributed by atoms with Gasteiger partial charge < -0.3 is 9.47 Å². The Bertz CT molecular complexity index is 1100. The Kier molecular flexibility index (Phi) is 7.55. The lowest BCUT2D eigenvalue weighted by Crippen LogP contribution is -2.54. The first-order valence-corrected chi connectivity index (χ1v) is 11.4. The van der Waals surface area contributed by atoms with Crippen LogP contribution in [0.15, 0.2) is 35.9 Å². The topological polar surface area (TPSA) is 67.9 Å². The maximum Gasteiger partial charge on any atom is 0.270 e. The first-order chi connectivity index (χ1) is 14.8. The summed E-state index contributed by atoms with van der Waals surface area (Å²) in [4.78, 5) is 27.2. The second-order valence-electron chi connectivity index (χ2n) is 6.54. The lowest BCUT2D eigenvalue weighted by Gasteiger charge is -2.30. The van der Waals surface area contributed by atoms with Gasteiger partial charge in [-0.05, 0) is 97.0 Å². The minimum Gasteiger partial charge on any atom is -0.490 e. The Balaban J connectivity index is 2.07. The maximum absolute atomic E-state index is 13.3. The lowest BCUT2D eigenvalue weighted by atomic mass is 10.1. The minimum absolute atomic E-state index is 0.00814. The number of rotatable bonds is 6. The van der Waals surface area contributed by atoms with Crippen molar-refractivity contribution in [2.45, 2.75) is 20.8 Å². The molecule has 0 atom stereocenters. The molecule has 2 aromatic carbocycles. The van der Waals surface area contributed by atoms with Gasteiger partial charge in [-0.25, -0.2) is 0 Å². The van der Waals surface area contributed by atoms with Gasteiger partial charge in [0.25, 0.3) is 11.8 Å². The molecule has 0 unspecified atom stereocenters. The molecule has 1 aliphatic rings. The highest BCUT2D eigenvalue weighted by atomic mass is 127. The van der Waals surface area contributed by atoms with Crippen LogP contribution in [-0.2, 0) is 9.59 Å². The number of halogens is 2. The van der Waals surface area contributed by atoms with Gasteiger partial charge in [-0.15, -0.1) is 0 Å². The molecule has 2 aromatic rings. The number of benzene rings is 2. The van der Waals surface area contributed by atoms with Crippen molar-refractivity contribution >= 4 is 75.1 Å². The first kappa shape index (κ1) is 23.5. The molecule has 2 amide bonds. The molecule has 31 heavy (non-hydrogen) atoms. The summed E-state index contributed by atoms with van der Waals surface area (Å²) in [5.74, 6) is 0.0856. The molecule has 1 saturated heterocycles. The van der Waals surface area contributed by atoms with Crippen molar-refractivity contribution in [3.8, 4) is 11.5 Å². The smallest absolute Gasteiger partial charge is 0.270 e. The zero-order valence-electron chi connectivity index (χ0n) is 17.1. The number of thiocarbonyl (C=S) groups is 1. The van der Waals surface area contributed by atoms with E-state index in [1.165, 1.54) is 11.0 Å². The SMILES string of the molecule is CCOc1cc(/C=C2\C(=O)NC(=S)N(c3cccc(Cl)c3C)C2=O)cc(I)c1OCC. The predicted octanol–water partition coefficient (Wildman–Crippen LogP) is 4.88. The van der Waals surface area contributed by atoms with Crippen molar-refractivity contribution in [1.29, 1.82) is 0 Å². The van der Waals surface area contributed by atoms with Gasteiger partial charge in [-0.2, -0.15) is 0 Å². The molecule has 0 saturated carbocycles. The van der Waals surface area contributed by atoms with Gasteiger partial charge >= 0.3 is 0 Å². The summed E-state index contributed by atoms with van der Waals surface area (Å²) in [5, 5.41) is 3.10. The minimum atomic E-state index is -0.562. The number of carbonyl (C=O) groups excluding carboxylic acids is 2. The van der Waals surface area contributed by atoms with E-state index in [4.69, 9.17) is 33.3 Å². The van der Waals surface area contributed by atoms with Gasteiger partial charge in [0.1, 0.15) is 5.57 Å². The Morgan fingerprint density at radius 1 is 1.19 bits per heavy atom. The van der Waals surface area contributed by atoms with Gasteiger partial charge in [0.15, 0.2) is 16.6 Å². The molecule has 162 valence electrons. The number of carbonyl (C=O) groups is 2. The van der Waals surface area contributed by atoms with E-state index >= 15 is 0 Å². The summed E-state index contributed by atoms with van der Waals surface area (Å²) >= 11 is 13.6. The van der Waals surface area contributed by atoms with Crippen LogP contribution in [0.25, 0.3) is 6.08 Å². The van der Waals surface area contributed by atoms with Crippen LogP contribution >= 0.6 is 46.4 Å². The fraction of sp³-hybridized carbons (Fsp3) is 0.227. The van der Waals surface area contributed by atoms with E-state index in [1.54, 1.807) is 31.2 Å². The fourth-order valence-electron chi connectivity index (χ4n) is 3.10. The number of nitrogens with one attached hydrogen (secondary N) is 1. The van der Waals surface area contributed by atoms with E-state index < -0.39 is 11.8 Å². The third kappa shape index (κ3) is 4.86. The largest absolute Gasteiger partial charge is 0.490 e. The summed E-state index contributed by atoms with van der Waals surface area (Å²) in [5.41, 5.74) is 1.79. The van der Waals surface area contributed by atoms with Crippen LogP contribution in [0, 0.1) is 10.5 Å². The highest BCUT2D eigenvalue weighted by molar-refractivity contribution is 14.1. The van der Waals surface area contributed by atoms with Crippen LogP contribution in [0.1, 0.15) is 25.0 Å². The fourth-order valence-corrected chi connectivity index (χ4v) is 4.32. The monoisotopic (exact) mass is 570 g/mol. The second-order valence-corrected chi connectivity index (χ2v) is 8.49. The summed E-state index contributed by atoms with van der Waals surface area (Å²) in [6.45, 7) is 6.49. The Labute approximate surface area is 204 Å². The standard InChI is InChI=1S/C22H20ClIN2O4S/c1-4-29-18-11-13(10-16(24)19(18)30-5-2)9-14-20(27)25-22(31)26(21(14)28)17-8-6-7-15(23)12(17)3/h6-11H,4-5H2,1-3H3,(H,25,27,31)/b14-9+. The average Bonchev–Trinajstić information content (AvgIpc) is 2.71. The highest BCUT2D eigenvalue weighted by Gasteiger charge is 2.35. The zero-order valence-corrected chi connectivity index (χ0v) is 20.9. The van der Waals surface area contributed by atoms with Gasteiger partial charge in [0, 0.05) is 5.02 Å². The Hall–Kier alpha value is -2.17. The van der Waals surface area contributed by atoms with Crippen LogP contribution in [0.5, 0.6) is 11.5 Å². The Morgan fingerprint density at radius 3 is 2.58 bits per heavy atom. The number of hydrogen-bond donors (Lipinski definition) is 1. The molecule has 1 N–H and O–H groups in total. The van der Waals surface area contributed by atoms with E-state index in [0.29, 0.717) is 46.5 Å². The van der Waals surface area contributed by atoms with Crippen molar-refractivity contribution in [2.75, 3.05) is 18.1 Å². The van der Waals surface area contributed by atoms with Crippen LogP contribution in [0.3, 0.4) is 0 Å². The van der Waals surface area contributed by atoms with Gasteiger partial charge in [-0.3, -0.25) is 19.8 Å². The van der Waals surface area contributed by atoms with Crippen molar-refractivity contribution < 1.29 is 19.1 Å². The lowest BCUT2D eigenvalue weighted by molar-refractivity contribution is -0.122. The molecule has 9 heteroatoms. The number of amides is 2. The van der Waals surface area contributed by atoms with Crippen LogP contribution in [0.4, 0.5) is 5.69 Å². The van der Waals surface area contributed by atoms with Crippen LogP contribution in [-0.4, -0.2) is 30.1 Å². The second kappa shape index (κ2) is 9.97. The molecule has 1 fully saturated rings. The third-order valence-electron chi connectivity index (χ3n) is 4.51. The molecule has 0 bridgehead atoms.